The lowest BCUT2D eigenvalue weighted by Gasteiger charge is -2.16. The van der Waals surface area contributed by atoms with E-state index in [0.29, 0.717) is 6.54 Å². The molecule has 0 aromatic carbocycles. The molecule has 0 spiro atoms. The van der Waals surface area contributed by atoms with Gasteiger partial charge in [-0.1, -0.05) is 5.16 Å². The minimum atomic E-state index is -0.516. The predicted octanol–water partition coefficient (Wildman–Crippen LogP) is -1.54. The van der Waals surface area contributed by atoms with Gasteiger partial charge in [-0.3, -0.25) is 0 Å². The van der Waals surface area contributed by atoms with E-state index < -0.39 is 7.05 Å². The zero-order valence-electron chi connectivity index (χ0n) is 7.64. The molecule has 1 heterocycles. The normalized spacial score (nSPS) is 23.7. The summed E-state index contributed by atoms with van der Waals surface area (Å²) in [6.07, 6.45) is 0.890. The fourth-order valence-corrected chi connectivity index (χ4v) is 1.51. The maximum absolute atomic E-state index is 9.05. The van der Waals surface area contributed by atoms with Crippen molar-refractivity contribution in [1.82, 2.24) is 10.1 Å². The van der Waals surface area contributed by atoms with Gasteiger partial charge < -0.3 is 26.1 Å². The molecule has 0 bridgehead atoms. The van der Waals surface area contributed by atoms with Crippen LogP contribution in [0.2, 0.25) is 6.82 Å². The third-order valence-electron chi connectivity index (χ3n) is 2.09. The van der Waals surface area contributed by atoms with E-state index in [-0.39, 0.29) is 12.0 Å². The van der Waals surface area contributed by atoms with Gasteiger partial charge in [-0.2, -0.15) is 0 Å². The van der Waals surface area contributed by atoms with E-state index in [9.17, 15) is 0 Å². The molecule has 0 radical (unpaired) electrons. The van der Waals surface area contributed by atoms with E-state index in [0.717, 1.165) is 13.0 Å². The summed E-state index contributed by atoms with van der Waals surface area (Å²) in [4.78, 5) is 1.76. The highest BCUT2D eigenvalue weighted by Crippen LogP contribution is 2.08. The average molecular weight is 186 g/mol. The maximum atomic E-state index is 9.05. The number of nitrogens with zero attached hydrogens (tertiary/aromatic N) is 2. The van der Waals surface area contributed by atoms with Crippen molar-refractivity contribution < 1.29 is 10.2 Å². The van der Waals surface area contributed by atoms with Gasteiger partial charge in [0.25, 0.3) is 0 Å². The van der Waals surface area contributed by atoms with E-state index >= 15 is 0 Å². The van der Waals surface area contributed by atoms with Crippen LogP contribution in [0.15, 0.2) is 5.16 Å². The summed E-state index contributed by atoms with van der Waals surface area (Å²) in [6, 6.07) is 0.209. The molecule has 0 saturated carbocycles. The van der Waals surface area contributed by atoms with Crippen molar-refractivity contribution in [3.8, 4) is 0 Å². The largest absolute Gasteiger partial charge is 0.437 e. The Balaban J connectivity index is 2.36. The summed E-state index contributed by atoms with van der Waals surface area (Å²) in [5.74, 6) is 0.134. The van der Waals surface area contributed by atoms with Crippen molar-refractivity contribution in [3.63, 3.8) is 0 Å². The maximum Gasteiger partial charge on any atom is 0.373 e. The molecule has 1 fully saturated rings. The summed E-state index contributed by atoms with van der Waals surface area (Å²) in [5, 5.41) is 23.4. The van der Waals surface area contributed by atoms with Crippen molar-refractivity contribution in [1.29, 1.82) is 0 Å². The van der Waals surface area contributed by atoms with E-state index in [2.05, 4.69) is 10.4 Å². The number of nitrogens with two attached hydrogens (primary N) is 1. The van der Waals surface area contributed by atoms with E-state index in [1.807, 2.05) is 0 Å². The molecule has 1 atom stereocenters. The lowest BCUT2D eigenvalue weighted by atomic mass is 9.87. The summed E-state index contributed by atoms with van der Waals surface area (Å²) < 4.78 is 0. The Morgan fingerprint density at radius 3 is 3.00 bits per heavy atom. The molecular weight excluding hydrogens is 171 g/mol. The molecule has 0 aromatic heterocycles. The van der Waals surface area contributed by atoms with Crippen molar-refractivity contribution in [3.05, 3.63) is 0 Å². The molecule has 1 aliphatic heterocycles. The van der Waals surface area contributed by atoms with Crippen LogP contribution in [0.4, 0.5) is 0 Å². The Labute approximate surface area is 77.5 Å². The van der Waals surface area contributed by atoms with Gasteiger partial charge in [-0.15, -0.1) is 0 Å². The fraction of sp³-hybridized carbons (Fsp3) is 0.833. The Kier molecular flexibility index (Phi) is 3.38. The molecule has 1 saturated heterocycles. The highest BCUT2D eigenvalue weighted by atomic mass is 16.4. The van der Waals surface area contributed by atoms with E-state index in [4.69, 9.17) is 16.0 Å². The Hall–Kier alpha value is -0.945. The molecule has 0 amide bonds. The minimum Gasteiger partial charge on any atom is -0.437 e. The predicted molar refractivity (Wildman–Crippen MR) is 50.4 cm³/mol. The first kappa shape index (κ1) is 10.1. The summed E-state index contributed by atoms with van der Waals surface area (Å²) in [7, 11) is -0.516. The quantitative estimate of drug-likeness (QED) is 0.138. The molecule has 5 N–H and O–H groups in total. The Morgan fingerprint density at radius 1 is 1.77 bits per heavy atom. The molecule has 0 aliphatic carbocycles. The van der Waals surface area contributed by atoms with Gasteiger partial charge in [0.2, 0.25) is 5.96 Å². The SMILES string of the molecule is CB(O)NC1CCN(/C(N)=N/O)C1. The second kappa shape index (κ2) is 4.34. The minimum absolute atomic E-state index is 0.134. The molecule has 1 rings (SSSR count). The summed E-state index contributed by atoms with van der Waals surface area (Å²) in [5.41, 5.74) is 5.41. The number of oxime groups is 1. The zero-order valence-corrected chi connectivity index (χ0v) is 7.64. The van der Waals surface area contributed by atoms with Gasteiger partial charge in [0.05, 0.1) is 0 Å². The lowest BCUT2D eigenvalue weighted by Crippen LogP contribution is -2.43. The third-order valence-corrected chi connectivity index (χ3v) is 2.09. The van der Waals surface area contributed by atoms with Crippen molar-refractivity contribution >= 4 is 13.0 Å². The van der Waals surface area contributed by atoms with Crippen LogP contribution in [0.1, 0.15) is 6.42 Å². The van der Waals surface area contributed by atoms with Gasteiger partial charge in [0.15, 0.2) is 0 Å². The van der Waals surface area contributed by atoms with Crippen LogP contribution in [-0.2, 0) is 0 Å². The number of nitrogens with one attached hydrogen (secondary N) is 1. The van der Waals surface area contributed by atoms with E-state index in [1.165, 1.54) is 0 Å². The van der Waals surface area contributed by atoms with Crippen LogP contribution >= 0.6 is 0 Å². The molecule has 7 heteroatoms. The van der Waals surface area contributed by atoms with Gasteiger partial charge in [0, 0.05) is 19.1 Å². The van der Waals surface area contributed by atoms with Crippen LogP contribution in [0.3, 0.4) is 0 Å². The molecule has 74 valence electrons. The topological polar surface area (TPSA) is 94.1 Å². The molecular formula is C6H15BN4O2. The molecule has 1 aliphatic rings. The van der Waals surface area contributed by atoms with Gasteiger partial charge in [-0.05, 0) is 13.2 Å². The second-order valence-corrected chi connectivity index (χ2v) is 3.23. The van der Waals surface area contributed by atoms with Gasteiger partial charge in [-0.25, -0.2) is 0 Å². The van der Waals surface area contributed by atoms with Crippen LogP contribution in [0.5, 0.6) is 0 Å². The Bertz CT molecular complexity index is 199. The van der Waals surface area contributed by atoms with Gasteiger partial charge >= 0.3 is 7.05 Å². The first-order chi connectivity index (χ1) is 6.13. The standard InChI is InChI=1S/C6H15BN4O2/c1-7(12)9-5-2-3-11(4-5)6(8)10-13/h5,9,12-13H,2-4H2,1H3,(H2,8,10). The number of hydrogen-bond donors (Lipinski definition) is 4. The van der Waals surface area contributed by atoms with E-state index in [1.54, 1.807) is 11.7 Å². The lowest BCUT2D eigenvalue weighted by molar-refractivity contribution is 0.304. The van der Waals surface area contributed by atoms with Crippen LogP contribution < -0.4 is 11.0 Å². The Morgan fingerprint density at radius 2 is 2.46 bits per heavy atom. The molecule has 13 heavy (non-hydrogen) atoms. The van der Waals surface area contributed by atoms with Crippen molar-refractivity contribution in [2.24, 2.45) is 10.9 Å². The fourth-order valence-electron chi connectivity index (χ4n) is 1.51. The number of likely N-dealkylation sites (tertiary alicyclic amines) is 1. The number of rotatable bonds is 2. The summed E-state index contributed by atoms with van der Waals surface area (Å²) in [6.45, 7) is 3.09. The van der Waals surface area contributed by atoms with Crippen LogP contribution in [0.25, 0.3) is 0 Å². The van der Waals surface area contributed by atoms with Crippen LogP contribution in [0, 0.1) is 0 Å². The first-order valence-corrected chi connectivity index (χ1v) is 4.30. The number of hydrogen-bond acceptors (Lipinski definition) is 4. The van der Waals surface area contributed by atoms with Crippen LogP contribution in [-0.4, -0.2) is 47.3 Å². The summed E-state index contributed by atoms with van der Waals surface area (Å²) >= 11 is 0. The van der Waals surface area contributed by atoms with Crippen molar-refractivity contribution in [2.75, 3.05) is 13.1 Å². The second-order valence-electron chi connectivity index (χ2n) is 3.23. The number of guanidine groups is 1. The molecule has 1 unspecified atom stereocenters. The highest BCUT2D eigenvalue weighted by Gasteiger charge is 2.25. The highest BCUT2D eigenvalue weighted by molar-refractivity contribution is 6.45. The smallest absolute Gasteiger partial charge is 0.373 e. The monoisotopic (exact) mass is 186 g/mol. The zero-order chi connectivity index (χ0) is 9.84. The van der Waals surface area contributed by atoms with Gasteiger partial charge in [0.1, 0.15) is 0 Å². The van der Waals surface area contributed by atoms with Crippen molar-refractivity contribution in [2.45, 2.75) is 19.3 Å². The average Bonchev–Trinajstić information content (AvgIpc) is 2.50. The molecule has 0 aromatic rings. The molecule has 6 nitrogen and oxygen atoms in total. The third kappa shape index (κ3) is 2.78. The first-order valence-electron chi connectivity index (χ1n) is 4.30.